The predicted octanol–water partition coefficient (Wildman–Crippen LogP) is 4.86. The number of hydrogen-bond donors (Lipinski definition) is 0. The number of anilines is 1. The second kappa shape index (κ2) is 9.61. The molecule has 0 saturated carbocycles. The highest BCUT2D eigenvalue weighted by atomic mass is 127. The van der Waals surface area contributed by atoms with Crippen LogP contribution in [0.2, 0.25) is 0 Å². The van der Waals surface area contributed by atoms with E-state index in [9.17, 15) is 4.79 Å². The fraction of sp³-hybridized carbons (Fsp3) is 0.440. The number of carbonyl (C=O) groups excluding carboxylic acids is 1. The van der Waals surface area contributed by atoms with Gasteiger partial charge in [0.2, 0.25) is 0 Å². The van der Waals surface area contributed by atoms with Gasteiger partial charge in [-0.3, -0.25) is 0 Å². The van der Waals surface area contributed by atoms with Crippen molar-refractivity contribution < 1.29 is 19.0 Å². The van der Waals surface area contributed by atoms with Crippen LogP contribution in [-0.4, -0.2) is 73.6 Å². The number of fused-ring (bicyclic) bond motifs is 1. The largest absolute Gasteiger partial charge is 0.494 e. The molecule has 0 aliphatic carbocycles. The van der Waals surface area contributed by atoms with Gasteiger partial charge in [0.05, 0.1) is 14.2 Å². The lowest BCUT2D eigenvalue weighted by atomic mass is 10.0. The Balaban J connectivity index is 1.74. The van der Waals surface area contributed by atoms with Gasteiger partial charge in [-0.25, -0.2) is 14.3 Å². The average Bonchev–Trinajstić information content (AvgIpc) is 3.13. The first-order valence-corrected chi connectivity index (χ1v) is 12.3. The fourth-order valence-corrected chi connectivity index (χ4v) is 4.75. The van der Waals surface area contributed by atoms with Crippen LogP contribution in [0.25, 0.3) is 22.2 Å². The third kappa shape index (κ3) is 4.95. The second-order valence-electron chi connectivity index (χ2n) is 9.44. The predicted molar refractivity (Wildman–Crippen MR) is 142 cm³/mol. The molecule has 3 heterocycles. The summed E-state index contributed by atoms with van der Waals surface area (Å²) in [6, 6.07) is 6.09. The number of pyridine rings is 1. The molecule has 9 heteroatoms. The maximum absolute atomic E-state index is 12.7. The van der Waals surface area contributed by atoms with Crippen LogP contribution in [0.1, 0.15) is 20.8 Å². The van der Waals surface area contributed by atoms with E-state index in [-0.39, 0.29) is 0 Å². The molecule has 1 aromatic carbocycles. The zero-order chi connectivity index (χ0) is 24.6. The van der Waals surface area contributed by atoms with E-state index in [4.69, 9.17) is 14.2 Å². The summed E-state index contributed by atoms with van der Waals surface area (Å²) in [7, 11) is 5.50. The molecule has 0 amide bonds. The number of aromatic nitrogens is 2. The number of rotatable bonds is 4. The smallest absolute Gasteiger partial charge is 0.420 e. The molecular formula is C25H31IN4O4. The van der Waals surface area contributed by atoms with Crippen LogP contribution >= 0.6 is 22.6 Å². The number of benzene rings is 1. The first-order valence-electron chi connectivity index (χ1n) is 11.2. The minimum atomic E-state index is -0.586. The number of nitrogens with zero attached hydrogens (tertiary/aromatic N) is 4. The van der Waals surface area contributed by atoms with Gasteiger partial charge in [0.1, 0.15) is 22.8 Å². The third-order valence-electron chi connectivity index (χ3n) is 5.82. The summed E-state index contributed by atoms with van der Waals surface area (Å²) < 4.78 is 19.5. The Hall–Kier alpha value is -2.53. The SMILES string of the molecule is COc1cc(-c2cnc3c(c2)c(I)cn3C(=O)OC(C)(C)C)cc(OC)c1N1CCN(C)CC1. The van der Waals surface area contributed by atoms with E-state index in [2.05, 4.69) is 44.4 Å². The number of carbonyl (C=O) groups is 1. The van der Waals surface area contributed by atoms with E-state index in [1.54, 1.807) is 26.6 Å². The molecule has 1 aliphatic heterocycles. The maximum atomic E-state index is 12.7. The molecule has 0 N–H and O–H groups in total. The van der Waals surface area contributed by atoms with Crippen LogP contribution in [0.5, 0.6) is 11.5 Å². The molecule has 182 valence electrons. The van der Waals surface area contributed by atoms with Gasteiger partial charge >= 0.3 is 6.09 Å². The lowest BCUT2D eigenvalue weighted by molar-refractivity contribution is 0.0543. The summed E-state index contributed by atoms with van der Waals surface area (Å²) in [4.78, 5) is 21.9. The van der Waals surface area contributed by atoms with Gasteiger partial charge in [0.25, 0.3) is 0 Å². The maximum Gasteiger partial charge on any atom is 0.420 e. The number of methoxy groups -OCH3 is 2. The molecule has 34 heavy (non-hydrogen) atoms. The van der Waals surface area contributed by atoms with Gasteiger partial charge in [0, 0.05) is 53.1 Å². The lowest BCUT2D eigenvalue weighted by Gasteiger charge is -2.35. The Labute approximate surface area is 213 Å². The number of piperazine rings is 1. The fourth-order valence-electron chi connectivity index (χ4n) is 4.08. The monoisotopic (exact) mass is 578 g/mol. The summed E-state index contributed by atoms with van der Waals surface area (Å²) >= 11 is 2.22. The first-order chi connectivity index (χ1) is 16.1. The lowest BCUT2D eigenvalue weighted by Crippen LogP contribution is -2.44. The highest BCUT2D eigenvalue weighted by Gasteiger charge is 2.24. The van der Waals surface area contributed by atoms with Gasteiger partial charge in [-0.15, -0.1) is 0 Å². The van der Waals surface area contributed by atoms with Gasteiger partial charge < -0.3 is 24.0 Å². The van der Waals surface area contributed by atoms with Crippen LogP contribution in [0.15, 0.2) is 30.6 Å². The van der Waals surface area contributed by atoms with Gasteiger partial charge in [-0.05, 0) is 74.2 Å². The minimum absolute atomic E-state index is 0.444. The zero-order valence-electron chi connectivity index (χ0n) is 20.5. The van der Waals surface area contributed by atoms with Crippen molar-refractivity contribution >= 4 is 45.4 Å². The van der Waals surface area contributed by atoms with Crippen LogP contribution in [0.3, 0.4) is 0 Å². The Morgan fingerprint density at radius 2 is 1.62 bits per heavy atom. The van der Waals surface area contributed by atoms with E-state index >= 15 is 0 Å². The highest BCUT2D eigenvalue weighted by molar-refractivity contribution is 14.1. The molecule has 1 saturated heterocycles. The molecule has 1 fully saturated rings. The van der Waals surface area contributed by atoms with E-state index in [0.717, 1.165) is 63.4 Å². The van der Waals surface area contributed by atoms with Crippen molar-refractivity contribution in [3.05, 3.63) is 34.2 Å². The highest BCUT2D eigenvalue weighted by Crippen LogP contribution is 2.42. The summed E-state index contributed by atoms with van der Waals surface area (Å²) in [5, 5.41) is 0.880. The molecule has 0 atom stereocenters. The standard InChI is InChI=1S/C25H31IN4O4/c1-25(2,3)34-24(31)30-15-19(26)18-11-17(14-27-23(18)30)16-12-20(32-5)22(21(13-16)33-6)29-9-7-28(4)8-10-29/h11-15H,7-10H2,1-6H3. The van der Waals surface area contributed by atoms with Crippen molar-refractivity contribution in [1.29, 1.82) is 0 Å². The molecule has 0 bridgehead atoms. The summed E-state index contributed by atoms with van der Waals surface area (Å²) in [5.41, 5.74) is 2.80. The van der Waals surface area contributed by atoms with Crippen molar-refractivity contribution in [3.63, 3.8) is 0 Å². The molecule has 0 unspecified atom stereocenters. The number of hydrogen-bond acceptors (Lipinski definition) is 7. The molecular weight excluding hydrogens is 547 g/mol. The molecule has 0 spiro atoms. The Morgan fingerprint density at radius 1 is 1.00 bits per heavy atom. The number of halogens is 1. The van der Waals surface area contributed by atoms with Crippen LogP contribution in [0, 0.1) is 3.57 Å². The first kappa shape index (κ1) is 24.6. The number of ether oxygens (including phenoxy) is 3. The van der Waals surface area contributed by atoms with Crippen molar-refractivity contribution in [2.24, 2.45) is 0 Å². The van der Waals surface area contributed by atoms with Crippen LogP contribution < -0.4 is 14.4 Å². The average molecular weight is 578 g/mol. The second-order valence-corrected chi connectivity index (χ2v) is 10.6. The summed E-state index contributed by atoms with van der Waals surface area (Å²) in [6.07, 6.45) is 3.08. The number of likely N-dealkylation sites (N-methyl/N-ethyl adjacent to an activating group) is 1. The van der Waals surface area contributed by atoms with E-state index in [1.165, 1.54) is 4.57 Å². The van der Waals surface area contributed by atoms with Gasteiger partial charge in [-0.1, -0.05) is 0 Å². The summed E-state index contributed by atoms with van der Waals surface area (Å²) in [6.45, 7) is 9.33. The molecule has 0 radical (unpaired) electrons. The third-order valence-corrected chi connectivity index (χ3v) is 6.68. The van der Waals surface area contributed by atoms with E-state index in [1.807, 2.05) is 39.0 Å². The van der Waals surface area contributed by atoms with Crippen molar-refractivity contribution in [3.8, 4) is 22.6 Å². The normalized spacial score (nSPS) is 15.0. The Kier molecular flexibility index (Phi) is 6.95. The molecule has 8 nitrogen and oxygen atoms in total. The van der Waals surface area contributed by atoms with Crippen LogP contribution in [-0.2, 0) is 4.74 Å². The zero-order valence-corrected chi connectivity index (χ0v) is 22.7. The van der Waals surface area contributed by atoms with E-state index < -0.39 is 11.7 Å². The van der Waals surface area contributed by atoms with Crippen molar-refractivity contribution in [2.75, 3.05) is 52.3 Å². The molecule has 2 aromatic heterocycles. The van der Waals surface area contributed by atoms with Crippen LogP contribution in [0.4, 0.5) is 10.5 Å². The minimum Gasteiger partial charge on any atom is -0.494 e. The Bertz CT molecular complexity index is 1180. The summed E-state index contributed by atoms with van der Waals surface area (Å²) in [5.74, 6) is 1.53. The quantitative estimate of drug-likeness (QED) is 0.410. The van der Waals surface area contributed by atoms with Crippen molar-refractivity contribution in [1.82, 2.24) is 14.5 Å². The van der Waals surface area contributed by atoms with Crippen molar-refractivity contribution in [2.45, 2.75) is 26.4 Å². The molecule has 1 aliphatic rings. The topological polar surface area (TPSA) is 69.1 Å². The molecule has 3 aromatic rings. The Morgan fingerprint density at radius 3 is 2.18 bits per heavy atom. The van der Waals surface area contributed by atoms with Gasteiger partial charge in [-0.2, -0.15) is 0 Å². The van der Waals surface area contributed by atoms with E-state index in [0.29, 0.717) is 5.65 Å². The molecule has 4 rings (SSSR count). The van der Waals surface area contributed by atoms with Gasteiger partial charge in [0.15, 0.2) is 5.65 Å².